The Balaban J connectivity index is 1.62. The molecule has 1 atom stereocenters. The zero-order chi connectivity index (χ0) is 22.8. The van der Waals surface area contributed by atoms with Gasteiger partial charge in [-0.25, -0.2) is 8.42 Å². The maximum atomic E-state index is 12.8. The van der Waals surface area contributed by atoms with Gasteiger partial charge in [0.05, 0.1) is 30.6 Å². The number of esters is 1. The fourth-order valence-electron chi connectivity index (χ4n) is 3.56. The van der Waals surface area contributed by atoms with E-state index >= 15 is 0 Å². The van der Waals surface area contributed by atoms with E-state index < -0.39 is 21.7 Å². The van der Waals surface area contributed by atoms with Crippen LogP contribution in [0, 0.1) is 5.92 Å². The molecule has 0 spiro atoms. The average molecular weight is 460 g/mol. The second-order valence-electron chi connectivity index (χ2n) is 7.84. The van der Waals surface area contributed by atoms with Gasteiger partial charge >= 0.3 is 5.97 Å². The van der Waals surface area contributed by atoms with Gasteiger partial charge in [0.15, 0.2) is 9.84 Å². The van der Waals surface area contributed by atoms with Crippen LogP contribution in [0.3, 0.4) is 0 Å². The first-order valence-corrected chi connectivity index (χ1v) is 12.6. The van der Waals surface area contributed by atoms with E-state index in [9.17, 15) is 18.0 Å². The minimum atomic E-state index is -3.64. The molecule has 1 amide bonds. The van der Waals surface area contributed by atoms with Gasteiger partial charge in [-0.05, 0) is 17.5 Å². The fourth-order valence-corrected chi connectivity index (χ4v) is 5.08. The van der Waals surface area contributed by atoms with Crippen molar-refractivity contribution in [1.82, 2.24) is 4.90 Å². The highest BCUT2D eigenvalue weighted by atomic mass is 32.2. The molecule has 8 heteroatoms. The van der Waals surface area contributed by atoms with Crippen LogP contribution in [0.25, 0.3) is 0 Å². The number of hydrogen-bond donors (Lipinski definition) is 0. The first-order valence-electron chi connectivity index (χ1n) is 10.7. The number of amides is 1. The van der Waals surface area contributed by atoms with E-state index in [-0.39, 0.29) is 36.9 Å². The monoisotopic (exact) mass is 459 g/mol. The molecule has 172 valence electrons. The molecule has 2 aromatic rings. The van der Waals surface area contributed by atoms with E-state index in [1.165, 1.54) is 0 Å². The highest BCUT2D eigenvalue weighted by Crippen LogP contribution is 2.16. The van der Waals surface area contributed by atoms with Gasteiger partial charge in [0, 0.05) is 19.5 Å². The van der Waals surface area contributed by atoms with Crippen molar-refractivity contribution in [2.24, 2.45) is 5.92 Å². The Labute approximate surface area is 189 Å². The normalized spacial score (nSPS) is 15.2. The minimum absolute atomic E-state index is 0.0839. The van der Waals surface area contributed by atoms with Crippen molar-refractivity contribution in [1.29, 1.82) is 0 Å². The summed E-state index contributed by atoms with van der Waals surface area (Å²) in [5.74, 6) is -2.25. The number of sulfone groups is 1. The van der Waals surface area contributed by atoms with Crippen LogP contribution in [-0.2, 0) is 41.9 Å². The Morgan fingerprint density at radius 1 is 0.938 bits per heavy atom. The van der Waals surface area contributed by atoms with Crippen LogP contribution in [-0.4, -0.2) is 63.0 Å². The molecule has 1 aliphatic rings. The number of carbonyl (C=O) groups is 2. The summed E-state index contributed by atoms with van der Waals surface area (Å²) in [5.41, 5.74) is 1.69. The lowest BCUT2D eigenvalue weighted by Gasteiger charge is -2.26. The quantitative estimate of drug-likeness (QED) is 0.506. The molecule has 0 aromatic heterocycles. The van der Waals surface area contributed by atoms with Crippen LogP contribution < -0.4 is 0 Å². The Morgan fingerprint density at radius 2 is 1.53 bits per heavy atom. The minimum Gasteiger partial charge on any atom is -0.461 e. The van der Waals surface area contributed by atoms with Gasteiger partial charge in [0.1, 0.15) is 6.61 Å². The maximum Gasteiger partial charge on any atom is 0.310 e. The molecule has 7 nitrogen and oxygen atoms in total. The van der Waals surface area contributed by atoms with Crippen molar-refractivity contribution in [3.8, 4) is 0 Å². The summed E-state index contributed by atoms with van der Waals surface area (Å²) in [6, 6.07) is 18.5. The standard InChI is InChI=1S/C24H29NO6S/c26-23(25-12-14-30-15-13-25)11-16-32(28,29)19-22(17-20-7-3-1-4-8-20)24(27)31-18-21-9-5-2-6-10-21/h1-10,22H,11-19H2. The van der Waals surface area contributed by atoms with E-state index in [2.05, 4.69) is 0 Å². The highest BCUT2D eigenvalue weighted by Gasteiger charge is 2.28. The van der Waals surface area contributed by atoms with Crippen LogP contribution in [0.1, 0.15) is 17.5 Å². The van der Waals surface area contributed by atoms with Gasteiger partial charge in [-0.15, -0.1) is 0 Å². The third kappa shape index (κ3) is 7.76. The molecule has 0 aliphatic carbocycles. The molecular formula is C24H29NO6S. The third-order valence-electron chi connectivity index (χ3n) is 5.33. The Hall–Kier alpha value is -2.71. The van der Waals surface area contributed by atoms with Crippen molar-refractivity contribution in [3.05, 3.63) is 71.8 Å². The lowest BCUT2D eigenvalue weighted by molar-refractivity contribution is -0.149. The summed E-state index contributed by atoms with van der Waals surface area (Å²) in [6.07, 6.45) is 0.157. The Kier molecular flexibility index (Phi) is 8.81. The summed E-state index contributed by atoms with van der Waals surface area (Å²) in [5, 5.41) is 0. The lowest BCUT2D eigenvalue weighted by atomic mass is 10.0. The first kappa shape index (κ1) is 23.9. The Bertz CT molecular complexity index is 972. The van der Waals surface area contributed by atoms with E-state index in [1.54, 1.807) is 4.90 Å². The summed E-state index contributed by atoms with van der Waals surface area (Å²) >= 11 is 0. The van der Waals surface area contributed by atoms with Crippen molar-refractivity contribution >= 4 is 21.7 Å². The zero-order valence-corrected chi connectivity index (χ0v) is 18.8. The predicted octanol–water partition coefficient (Wildman–Crippen LogP) is 2.25. The molecule has 1 heterocycles. The maximum absolute atomic E-state index is 12.8. The molecule has 1 fully saturated rings. The number of hydrogen-bond acceptors (Lipinski definition) is 6. The molecule has 0 bridgehead atoms. The molecule has 0 radical (unpaired) electrons. The van der Waals surface area contributed by atoms with Gasteiger partial charge in [-0.1, -0.05) is 60.7 Å². The largest absolute Gasteiger partial charge is 0.461 e. The van der Waals surface area contributed by atoms with Gasteiger partial charge in [0.25, 0.3) is 0 Å². The molecule has 0 saturated carbocycles. The zero-order valence-electron chi connectivity index (χ0n) is 18.0. The summed E-state index contributed by atoms with van der Waals surface area (Å²) in [4.78, 5) is 26.8. The molecule has 1 aliphatic heterocycles. The van der Waals surface area contributed by atoms with Crippen LogP contribution in [0.4, 0.5) is 0 Å². The smallest absolute Gasteiger partial charge is 0.310 e. The predicted molar refractivity (Wildman–Crippen MR) is 121 cm³/mol. The number of carbonyl (C=O) groups excluding carboxylic acids is 2. The highest BCUT2D eigenvalue weighted by molar-refractivity contribution is 7.91. The van der Waals surface area contributed by atoms with E-state index in [0.29, 0.717) is 26.3 Å². The van der Waals surface area contributed by atoms with Gasteiger partial charge < -0.3 is 14.4 Å². The third-order valence-corrected chi connectivity index (χ3v) is 7.06. The van der Waals surface area contributed by atoms with Crippen molar-refractivity contribution < 1.29 is 27.5 Å². The molecule has 2 aromatic carbocycles. The molecule has 1 unspecified atom stereocenters. The van der Waals surface area contributed by atoms with E-state index in [4.69, 9.17) is 9.47 Å². The van der Waals surface area contributed by atoms with E-state index in [0.717, 1.165) is 11.1 Å². The van der Waals surface area contributed by atoms with Crippen molar-refractivity contribution in [3.63, 3.8) is 0 Å². The second kappa shape index (κ2) is 11.8. The summed E-state index contributed by atoms with van der Waals surface area (Å²) in [7, 11) is -3.64. The van der Waals surface area contributed by atoms with Crippen LogP contribution in [0.15, 0.2) is 60.7 Å². The van der Waals surface area contributed by atoms with Crippen LogP contribution in [0.2, 0.25) is 0 Å². The Morgan fingerprint density at radius 3 is 2.16 bits per heavy atom. The van der Waals surface area contributed by atoms with Crippen molar-refractivity contribution in [2.45, 2.75) is 19.4 Å². The topological polar surface area (TPSA) is 90.0 Å². The second-order valence-corrected chi connectivity index (χ2v) is 10.1. The molecular weight excluding hydrogens is 430 g/mol. The van der Waals surface area contributed by atoms with Gasteiger partial charge in [-0.3, -0.25) is 9.59 Å². The van der Waals surface area contributed by atoms with Crippen molar-refractivity contribution in [2.75, 3.05) is 37.8 Å². The SMILES string of the molecule is O=C(OCc1ccccc1)C(Cc1ccccc1)CS(=O)(=O)CCC(=O)N1CCOCC1. The van der Waals surface area contributed by atoms with Gasteiger partial charge in [-0.2, -0.15) is 0 Å². The summed E-state index contributed by atoms with van der Waals surface area (Å²) in [6.45, 7) is 1.96. The van der Waals surface area contributed by atoms with E-state index in [1.807, 2.05) is 60.7 Å². The number of morpholine rings is 1. The molecule has 0 N–H and O–H groups in total. The van der Waals surface area contributed by atoms with Crippen LogP contribution >= 0.6 is 0 Å². The average Bonchev–Trinajstić information content (AvgIpc) is 2.82. The summed E-state index contributed by atoms with van der Waals surface area (Å²) < 4.78 is 36.2. The molecule has 3 rings (SSSR count). The fraction of sp³-hybridized carbons (Fsp3) is 0.417. The molecule has 1 saturated heterocycles. The number of ether oxygens (including phenoxy) is 2. The number of nitrogens with zero attached hydrogens (tertiary/aromatic N) is 1. The number of benzene rings is 2. The van der Waals surface area contributed by atoms with Gasteiger partial charge in [0.2, 0.25) is 5.91 Å². The molecule has 32 heavy (non-hydrogen) atoms. The first-order chi connectivity index (χ1) is 15.4. The number of rotatable bonds is 10. The lowest BCUT2D eigenvalue weighted by Crippen LogP contribution is -2.41. The van der Waals surface area contributed by atoms with Crippen LogP contribution in [0.5, 0.6) is 0 Å².